The maximum absolute atomic E-state index is 11.9. The van der Waals surface area contributed by atoms with Crippen molar-refractivity contribution in [2.45, 2.75) is 23.8 Å². The average Bonchev–Trinajstić information content (AvgIpc) is 2.88. The highest BCUT2D eigenvalue weighted by Crippen LogP contribution is 2.63. The van der Waals surface area contributed by atoms with Gasteiger partial charge in [-0.15, -0.1) is 23.2 Å². The number of aliphatic hydroxyl groups excluding tert-OH is 1. The number of nitrogens with one attached hydrogen (secondary N) is 1. The van der Waals surface area contributed by atoms with E-state index in [2.05, 4.69) is 10.2 Å². The van der Waals surface area contributed by atoms with E-state index in [1.54, 1.807) is 6.92 Å². The van der Waals surface area contributed by atoms with Crippen LogP contribution in [0.15, 0.2) is 0 Å². The van der Waals surface area contributed by atoms with Crippen LogP contribution in [0.3, 0.4) is 0 Å². The first-order valence-corrected chi connectivity index (χ1v) is 7.25. The molecule has 1 saturated carbocycles. The molecule has 1 aliphatic carbocycles. The van der Waals surface area contributed by atoms with E-state index in [0.717, 1.165) is 13.1 Å². The molecule has 110 valence electrons. The van der Waals surface area contributed by atoms with E-state index in [0.29, 0.717) is 26.2 Å². The number of morpholine rings is 1. The number of aliphatic hydroxyl groups is 1. The number of β-amino-alcohol motifs (C(OH)–C–C–N with tert-alkyl or cyclic N) is 1. The molecule has 2 fully saturated rings. The molecule has 0 aromatic heterocycles. The van der Waals surface area contributed by atoms with Crippen molar-refractivity contribution in [3.05, 3.63) is 0 Å². The van der Waals surface area contributed by atoms with Crippen LogP contribution in [-0.4, -0.2) is 65.7 Å². The van der Waals surface area contributed by atoms with Crippen LogP contribution in [0, 0.1) is 5.41 Å². The van der Waals surface area contributed by atoms with Crippen LogP contribution in [0.5, 0.6) is 0 Å². The van der Waals surface area contributed by atoms with Gasteiger partial charge in [0.05, 0.1) is 24.7 Å². The van der Waals surface area contributed by atoms with Gasteiger partial charge in [-0.3, -0.25) is 9.69 Å². The van der Waals surface area contributed by atoms with E-state index < -0.39 is 15.9 Å². The molecular formula is C12H20Cl2N2O3. The van der Waals surface area contributed by atoms with Gasteiger partial charge in [-0.1, -0.05) is 0 Å². The maximum atomic E-state index is 11.9. The Morgan fingerprint density at radius 2 is 2.05 bits per heavy atom. The fraction of sp³-hybridized carbons (Fsp3) is 0.917. The number of alkyl halides is 2. The Bertz CT molecular complexity index is 348. The lowest BCUT2D eigenvalue weighted by Crippen LogP contribution is -2.45. The molecule has 0 bridgehead atoms. The van der Waals surface area contributed by atoms with Gasteiger partial charge in [-0.05, 0) is 13.3 Å². The predicted octanol–water partition coefficient (Wildman–Crippen LogP) is 0.380. The minimum absolute atomic E-state index is 0.196. The van der Waals surface area contributed by atoms with Gasteiger partial charge in [0.2, 0.25) is 5.91 Å². The van der Waals surface area contributed by atoms with Gasteiger partial charge in [0.1, 0.15) is 4.33 Å². The number of carbonyl (C=O) groups is 1. The fourth-order valence-corrected chi connectivity index (χ4v) is 2.90. The van der Waals surface area contributed by atoms with Crippen LogP contribution in [0.2, 0.25) is 0 Å². The van der Waals surface area contributed by atoms with Gasteiger partial charge in [0, 0.05) is 26.2 Å². The monoisotopic (exact) mass is 310 g/mol. The zero-order chi connectivity index (χ0) is 14.1. The van der Waals surface area contributed by atoms with Crippen molar-refractivity contribution in [1.29, 1.82) is 0 Å². The molecule has 0 spiro atoms. The van der Waals surface area contributed by atoms with Crippen LogP contribution in [0.1, 0.15) is 13.3 Å². The van der Waals surface area contributed by atoms with Crippen molar-refractivity contribution >= 4 is 29.1 Å². The fourth-order valence-electron chi connectivity index (χ4n) is 2.20. The molecule has 0 aromatic carbocycles. The lowest BCUT2D eigenvalue weighted by atomic mass is 10.1. The highest BCUT2D eigenvalue weighted by molar-refractivity contribution is 6.53. The number of hydrogen-bond acceptors (Lipinski definition) is 4. The number of carbonyl (C=O) groups excluding carboxylic acids is 1. The number of ether oxygens (including phenoxy) is 1. The quantitative estimate of drug-likeness (QED) is 0.721. The lowest BCUT2D eigenvalue weighted by molar-refractivity contribution is -0.126. The Labute approximate surface area is 123 Å². The normalized spacial score (nSPS) is 31.8. The molecule has 0 aromatic rings. The molecule has 2 unspecified atom stereocenters. The standard InChI is InChI=1S/C12H20Cl2N2O3/c1-11(8-12(11,13)14)10(18)15-6-9(17)7-16-2-4-19-5-3-16/h9,17H,2-8H2,1H3,(H,15,18). The first-order chi connectivity index (χ1) is 8.85. The molecule has 2 rings (SSSR count). The second kappa shape index (κ2) is 5.74. The highest BCUT2D eigenvalue weighted by Gasteiger charge is 2.67. The Hall–Kier alpha value is -0.0700. The molecule has 1 heterocycles. The van der Waals surface area contributed by atoms with E-state index in [1.807, 2.05) is 0 Å². The van der Waals surface area contributed by atoms with Crippen molar-refractivity contribution in [3.8, 4) is 0 Å². The Balaban J connectivity index is 1.69. The van der Waals surface area contributed by atoms with Gasteiger partial charge >= 0.3 is 0 Å². The second-order valence-electron chi connectivity index (χ2n) is 5.49. The van der Waals surface area contributed by atoms with Crippen molar-refractivity contribution in [2.75, 3.05) is 39.4 Å². The van der Waals surface area contributed by atoms with Gasteiger partial charge in [-0.25, -0.2) is 0 Å². The van der Waals surface area contributed by atoms with Gasteiger partial charge in [-0.2, -0.15) is 0 Å². The molecular weight excluding hydrogens is 291 g/mol. The molecule has 2 N–H and O–H groups in total. The summed E-state index contributed by atoms with van der Waals surface area (Å²) in [5.74, 6) is -0.196. The van der Waals surface area contributed by atoms with E-state index in [4.69, 9.17) is 27.9 Å². The topological polar surface area (TPSA) is 61.8 Å². The van der Waals surface area contributed by atoms with Gasteiger partial charge in [0.15, 0.2) is 0 Å². The van der Waals surface area contributed by atoms with E-state index in [-0.39, 0.29) is 12.5 Å². The van der Waals surface area contributed by atoms with Gasteiger partial charge in [0.25, 0.3) is 0 Å². The van der Waals surface area contributed by atoms with Crippen molar-refractivity contribution in [2.24, 2.45) is 5.41 Å². The number of nitrogens with zero attached hydrogens (tertiary/aromatic N) is 1. The summed E-state index contributed by atoms with van der Waals surface area (Å²) in [6, 6.07) is 0. The summed E-state index contributed by atoms with van der Waals surface area (Å²) in [7, 11) is 0. The minimum Gasteiger partial charge on any atom is -0.390 e. The highest BCUT2D eigenvalue weighted by atomic mass is 35.5. The third-order valence-electron chi connectivity index (χ3n) is 3.83. The van der Waals surface area contributed by atoms with E-state index in [1.165, 1.54) is 0 Å². The second-order valence-corrected chi connectivity index (χ2v) is 6.97. The molecule has 19 heavy (non-hydrogen) atoms. The third kappa shape index (κ3) is 3.52. The third-order valence-corrected chi connectivity index (χ3v) is 4.93. The first kappa shape index (κ1) is 15.3. The average molecular weight is 311 g/mol. The van der Waals surface area contributed by atoms with Crippen LogP contribution in [0.25, 0.3) is 0 Å². The smallest absolute Gasteiger partial charge is 0.229 e. The molecule has 0 radical (unpaired) electrons. The van der Waals surface area contributed by atoms with Crippen LogP contribution >= 0.6 is 23.2 Å². The first-order valence-electron chi connectivity index (χ1n) is 6.49. The van der Waals surface area contributed by atoms with Crippen LogP contribution in [0.4, 0.5) is 0 Å². The molecule has 1 aliphatic heterocycles. The molecule has 2 aliphatic rings. The molecule has 2 atom stereocenters. The molecule has 5 nitrogen and oxygen atoms in total. The zero-order valence-corrected chi connectivity index (χ0v) is 12.5. The van der Waals surface area contributed by atoms with E-state index >= 15 is 0 Å². The number of amides is 1. The number of rotatable bonds is 5. The summed E-state index contributed by atoms with van der Waals surface area (Å²) in [4.78, 5) is 14.0. The zero-order valence-electron chi connectivity index (χ0n) is 11.0. The summed E-state index contributed by atoms with van der Waals surface area (Å²) in [5, 5.41) is 12.6. The predicted molar refractivity (Wildman–Crippen MR) is 73.4 cm³/mol. The van der Waals surface area contributed by atoms with Crippen molar-refractivity contribution in [3.63, 3.8) is 0 Å². The molecule has 1 saturated heterocycles. The van der Waals surface area contributed by atoms with Gasteiger partial charge < -0.3 is 15.2 Å². The SMILES string of the molecule is CC1(C(=O)NCC(O)CN2CCOCC2)CC1(Cl)Cl. The van der Waals surface area contributed by atoms with Crippen molar-refractivity contribution < 1.29 is 14.6 Å². The number of halogens is 2. The maximum Gasteiger partial charge on any atom is 0.229 e. The summed E-state index contributed by atoms with van der Waals surface area (Å²) in [6.45, 7) is 5.50. The van der Waals surface area contributed by atoms with Crippen LogP contribution in [-0.2, 0) is 9.53 Å². The summed E-state index contributed by atoms with van der Waals surface area (Å²) in [6.07, 6.45) is -0.140. The summed E-state index contributed by atoms with van der Waals surface area (Å²) < 4.78 is 4.27. The summed E-state index contributed by atoms with van der Waals surface area (Å²) >= 11 is 11.9. The van der Waals surface area contributed by atoms with E-state index in [9.17, 15) is 9.90 Å². The summed E-state index contributed by atoms with van der Waals surface area (Å²) in [5.41, 5.74) is -0.727. The number of hydrogen-bond donors (Lipinski definition) is 2. The Kier molecular flexibility index (Phi) is 4.63. The molecule has 1 amide bonds. The Morgan fingerprint density at radius 3 is 2.58 bits per heavy atom. The minimum atomic E-state index is -0.966. The van der Waals surface area contributed by atoms with Crippen LogP contribution < -0.4 is 5.32 Å². The lowest BCUT2D eigenvalue weighted by Gasteiger charge is -2.28. The van der Waals surface area contributed by atoms with Crippen molar-refractivity contribution in [1.82, 2.24) is 10.2 Å². The molecule has 7 heteroatoms. The Morgan fingerprint density at radius 1 is 1.47 bits per heavy atom. The largest absolute Gasteiger partial charge is 0.390 e.